The van der Waals surface area contributed by atoms with E-state index in [2.05, 4.69) is 43.7 Å². The molecule has 3 amide bonds. The molecule has 0 spiro atoms. The van der Waals surface area contributed by atoms with E-state index in [1.807, 2.05) is 50.8 Å². The summed E-state index contributed by atoms with van der Waals surface area (Å²) in [4.78, 5) is 54.6. The van der Waals surface area contributed by atoms with Gasteiger partial charge in [0.15, 0.2) is 0 Å². The van der Waals surface area contributed by atoms with Crippen LogP contribution in [0.5, 0.6) is 5.75 Å². The summed E-state index contributed by atoms with van der Waals surface area (Å²) < 4.78 is 34.8. The summed E-state index contributed by atoms with van der Waals surface area (Å²) in [7, 11) is 4.07. The largest absolute Gasteiger partial charge is 0.491 e. The third-order valence-corrected chi connectivity index (χ3v) is 11.0. The standard InChI is InChI=1S/C44H51N7O9S.CH4/c1-50(2)32-5-10-37-39(25-32)61-42(49-37)38-9-3-30(27-46-38)31-4-11-40(47-28-31)45-13-14-55-15-16-56-17-18-57-19-20-58-21-22-59-23-24-60-34-7-8-35-36(26-34)44(54)51(43(35)53)33-6-12-41(52)48-29-33;/h3-5,7-11,25-28,33H,6,12-24,29H2,1-2H3,(H,45,47)(H,48,52);1H4. The molecule has 3 aromatic heterocycles. The third kappa shape index (κ3) is 12.3. The van der Waals surface area contributed by atoms with Gasteiger partial charge in [-0.15, -0.1) is 11.3 Å². The minimum absolute atomic E-state index is 0. The predicted molar refractivity (Wildman–Crippen MR) is 238 cm³/mol. The van der Waals surface area contributed by atoms with Crippen molar-refractivity contribution in [1.29, 1.82) is 0 Å². The van der Waals surface area contributed by atoms with Gasteiger partial charge < -0.3 is 44.0 Å². The Labute approximate surface area is 365 Å². The van der Waals surface area contributed by atoms with Crippen LogP contribution >= 0.6 is 11.3 Å². The second kappa shape index (κ2) is 23.0. The molecule has 0 saturated carbocycles. The van der Waals surface area contributed by atoms with Crippen molar-refractivity contribution in [2.45, 2.75) is 26.3 Å². The fourth-order valence-corrected chi connectivity index (χ4v) is 7.69. The van der Waals surface area contributed by atoms with E-state index >= 15 is 0 Å². The van der Waals surface area contributed by atoms with Crippen molar-refractivity contribution < 1.29 is 42.8 Å². The van der Waals surface area contributed by atoms with Crippen LogP contribution < -0.4 is 20.3 Å². The molecule has 16 nitrogen and oxygen atoms in total. The number of fused-ring (bicyclic) bond motifs is 2. The Balaban J connectivity index is 0.00000641. The molecule has 330 valence electrons. The van der Waals surface area contributed by atoms with Crippen LogP contribution in [0.4, 0.5) is 11.5 Å². The summed E-state index contributed by atoms with van der Waals surface area (Å²) in [6, 6.07) is 18.8. The van der Waals surface area contributed by atoms with Gasteiger partial charge in [-0.3, -0.25) is 24.3 Å². The number of amides is 3. The number of rotatable bonds is 24. The second-order valence-electron chi connectivity index (χ2n) is 14.5. The fraction of sp³-hybridized carbons (Fsp3) is 0.422. The smallest absolute Gasteiger partial charge is 0.262 e. The summed E-state index contributed by atoms with van der Waals surface area (Å²) in [6.45, 7) is 5.60. The first-order chi connectivity index (χ1) is 29.8. The van der Waals surface area contributed by atoms with Crippen LogP contribution in [-0.2, 0) is 28.5 Å². The summed E-state index contributed by atoms with van der Waals surface area (Å²) in [6.07, 6.45) is 4.45. The highest BCUT2D eigenvalue weighted by Gasteiger charge is 2.41. The molecule has 5 heterocycles. The lowest BCUT2D eigenvalue weighted by atomic mass is 10.1. The first-order valence-electron chi connectivity index (χ1n) is 20.4. The van der Waals surface area contributed by atoms with E-state index in [9.17, 15) is 14.4 Å². The molecule has 1 fully saturated rings. The number of anilines is 2. The van der Waals surface area contributed by atoms with Crippen LogP contribution in [0.2, 0.25) is 0 Å². The Morgan fingerprint density at radius 1 is 0.742 bits per heavy atom. The Bertz CT molecular complexity index is 2230. The van der Waals surface area contributed by atoms with Crippen molar-refractivity contribution in [2.75, 3.05) is 110 Å². The Morgan fingerprint density at radius 3 is 2.00 bits per heavy atom. The highest BCUT2D eigenvalue weighted by molar-refractivity contribution is 7.21. The average Bonchev–Trinajstić information content (AvgIpc) is 3.82. The number of hydrogen-bond acceptors (Lipinski definition) is 15. The van der Waals surface area contributed by atoms with Crippen LogP contribution in [0.3, 0.4) is 0 Å². The van der Waals surface area contributed by atoms with Crippen molar-refractivity contribution in [1.82, 2.24) is 25.2 Å². The van der Waals surface area contributed by atoms with Gasteiger partial charge in [0.1, 0.15) is 23.2 Å². The van der Waals surface area contributed by atoms with E-state index in [4.69, 9.17) is 33.4 Å². The summed E-state index contributed by atoms with van der Waals surface area (Å²) in [5, 5.41) is 6.90. The summed E-state index contributed by atoms with van der Waals surface area (Å²) in [5.74, 6) is 0.479. The van der Waals surface area contributed by atoms with Gasteiger partial charge in [-0.1, -0.05) is 13.5 Å². The van der Waals surface area contributed by atoms with E-state index < -0.39 is 0 Å². The van der Waals surface area contributed by atoms with Crippen molar-refractivity contribution in [2.24, 2.45) is 0 Å². The molecular formula is C45H55N7O9S. The second-order valence-corrected chi connectivity index (χ2v) is 15.5. The van der Waals surface area contributed by atoms with Gasteiger partial charge in [-0.05, 0) is 61.0 Å². The van der Waals surface area contributed by atoms with Crippen LogP contribution in [0, 0.1) is 0 Å². The highest BCUT2D eigenvalue weighted by atomic mass is 32.1. The highest BCUT2D eigenvalue weighted by Crippen LogP contribution is 2.33. The molecule has 1 unspecified atom stereocenters. The van der Waals surface area contributed by atoms with E-state index in [-0.39, 0.29) is 44.3 Å². The number of carbonyl (C=O) groups is 3. The molecule has 1 atom stereocenters. The Kier molecular flexibility index (Phi) is 17.1. The zero-order valence-electron chi connectivity index (χ0n) is 34.4. The lowest BCUT2D eigenvalue weighted by Crippen LogP contribution is -2.50. The minimum atomic E-state index is -0.363. The number of nitrogens with one attached hydrogen (secondary N) is 2. The van der Waals surface area contributed by atoms with Gasteiger partial charge >= 0.3 is 0 Å². The van der Waals surface area contributed by atoms with Gasteiger partial charge in [0.2, 0.25) is 5.91 Å². The number of imide groups is 1. The molecule has 2 aromatic carbocycles. The quantitative estimate of drug-likeness (QED) is 0.0582. The maximum absolute atomic E-state index is 13.0. The number of ether oxygens (including phenoxy) is 6. The molecule has 0 bridgehead atoms. The van der Waals surface area contributed by atoms with Crippen molar-refractivity contribution in [3.8, 4) is 27.6 Å². The Morgan fingerprint density at radius 2 is 1.39 bits per heavy atom. The van der Waals surface area contributed by atoms with Gasteiger partial charge in [-0.2, -0.15) is 0 Å². The fourth-order valence-electron chi connectivity index (χ4n) is 6.71. The number of piperidine rings is 1. The molecular weight excluding hydrogens is 815 g/mol. The van der Waals surface area contributed by atoms with Gasteiger partial charge in [0.05, 0.1) is 99.1 Å². The van der Waals surface area contributed by atoms with Crippen LogP contribution in [-0.4, -0.2) is 143 Å². The maximum atomic E-state index is 13.0. The van der Waals surface area contributed by atoms with Crippen molar-refractivity contribution in [3.63, 3.8) is 0 Å². The molecule has 1 saturated heterocycles. The van der Waals surface area contributed by atoms with E-state index in [1.165, 1.54) is 4.90 Å². The molecule has 2 aliphatic heterocycles. The molecule has 0 aliphatic carbocycles. The van der Waals surface area contributed by atoms with Crippen molar-refractivity contribution >= 4 is 50.8 Å². The molecule has 7 rings (SSSR count). The SMILES string of the molecule is C.CN(C)c1ccc2nc(-c3ccc(-c4ccc(NCCOCCOCCOCCOCCOCCOc5ccc6c(c5)C(=O)N(C5CCC(=O)NC5)C6=O)nc4)cn3)sc2c1. The zero-order chi connectivity index (χ0) is 42.4. The first kappa shape index (κ1) is 46.0. The van der Waals surface area contributed by atoms with Crippen LogP contribution in [0.1, 0.15) is 41.0 Å². The number of hydrogen-bond donors (Lipinski definition) is 2. The number of thiazole rings is 1. The summed E-state index contributed by atoms with van der Waals surface area (Å²) >= 11 is 1.64. The minimum Gasteiger partial charge on any atom is -0.491 e. The zero-order valence-corrected chi connectivity index (χ0v) is 35.2. The number of pyridine rings is 2. The number of benzene rings is 2. The van der Waals surface area contributed by atoms with E-state index in [0.29, 0.717) is 102 Å². The van der Waals surface area contributed by atoms with Gasteiger partial charge in [0.25, 0.3) is 11.8 Å². The molecule has 17 heteroatoms. The van der Waals surface area contributed by atoms with E-state index in [1.54, 1.807) is 29.5 Å². The molecule has 0 radical (unpaired) electrons. The molecule has 5 aromatic rings. The molecule has 2 N–H and O–H groups in total. The average molecular weight is 870 g/mol. The normalized spacial score (nSPS) is 14.8. The number of carbonyl (C=O) groups excluding carboxylic acids is 3. The molecule has 2 aliphatic rings. The number of nitrogens with zero attached hydrogens (tertiary/aromatic N) is 5. The Hall–Kier alpha value is -5.56. The monoisotopic (exact) mass is 869 g/mol. The van der Waals surface area contributed by atoms with E-state index in [0.717, 1.165) is 43.6 Å². The predicted octanol–water partition coefficient (Wildman–Crippen LogP) is 5.57. The lowest BCUT2D eigenvalue weighted by molar-refractivity contribution is -0.123. The molecule has 62 heavy (non-hydrogen) atoms. The van der Waals surface area contributed by atoms with Gasteiger partial charge in [-0.25, -0.2) is 9.97 Å². The van der Waals surface area contributed by atoms with Gasteiger partial charge in [0, 0.05) is 62.8 Å². The maximum Gasteiger partial charge on any atom is 0.262 e. The first-order valence-corrected chi connectivity index (χ1v) is 21.2. The number of aromatic nitrogens is 3. The lowest BCUT2D eigenvalue weighted by Gasteiger charge is -2.29. The van der Waals surface area contributed by atoms with Crippen molar-refractivity contribution in [3.05, 3.63) is 84.2 Å². The van der Waals surface area contributed by atoms with Crippen LogP contribution in [0.25, 0.3) is 32.0 Å². The topological polar surface area (TPSA) is 176 Å². The summed E-state index contributed by atoms with van der Waals surface area (Å²) in [5.41, 5.74) is 5.60. The third-order valence-electron chi connectivity index (χ3n) is 10.00. The van der Waals surface area contributed by atoms with Crippen LogP contribution in [0.15, 0.2) is 73.1 Å².